The highest BCUT2D eigenvalue weighted by Gasteiger charge is 2.19. The lowest BCUT2D eigenvalue weighted by atomic mass is 10.3. The van der Waals surface area contributed by atoms with E-state index in [1.165, 1.54) is 9.80 Å². The standard InChI is InChI=1S/C16H27N3O11/c20-5-6-30-16(29)11-19(10-15(27)28)4-2-17(7-12(21)22)1-3-18(8-13(23)24)9-14(25)26/h20H,1-11H2,(H,21,22)(H,23,24)(H,25,26)(H,27,28). The number of aliphatic carboxylic acids is 4. The molecule has 0 radical (unpaired) electrons. The zero-order valence-corrected chi connectivity index (χ0v) is 16.3. The molecule has 0 heterocycles. The van der Waals surface area contributed by atoms with E-state index in [1.54, 1.807) is 0 Å². The van der Waals surface area contributed by atoms with Crippen LogP contribution in [0.15, 0.2) is 0 Å². The molecule has 0 amide bonds. The Morgan fingerprint density at radius 3 is 1.27 bits per heavy atom. The second-order valence-electron chi connectivity index (χ2n) is 6.22. The molecule has 0 saturated heterocycles. The van der Waals surface area contributed by atoms with Gasteiger partial charge in [-0.1, -0.05) is 0 Å². The molecule has 30 heavy (non-hydrogen) atoms. The summed E-state index contributed by atoms with van der Waals surface area (Å²) >= 11 is 0. The van der Waals surface area contributed by atoms with E-state index in [1.807, 2.05) is 0 Å². The van der Waals surface area contributed by atoms with Gasteiger partial charge in [0.1, 0.15) is 6.61 Å². The van der Waals surface area contributed by atoms with Crippen LogP contribution in [-0.2, 0) is 28.7 Å². The zero-order chi connectivity index (χ0) is 23.1. The van der Waals surface area contributed by atoms with E-state index < -0.39 is 62.6 Å². The minimum absolute atomic E-state index is 0.00271. The van der Waals surface area contributed by atoms with Crippen LogP contribution in [0, 0.1) is 0 Å². The second-order valence-corrected chi connectivity index (χ2v) is 6.22. The number of hydrogen-bond acceptors (Lipinski definition) is 10. The summed E-state index contributed by atoms with van der Waals surface area (Å²) in [6, 6.07) is 0. The molecule has 0 aliphatic rings. The van der Waals surface area contributed by atoms with Crippen LogP contribution in [0.1, 0.15) is 0 Å². The number of ether oxygens (including phenoxy) is 1. The lowest BCUT2D eigenvalue weighted by Gasteiger charge is -2.27. The molecular weight excluding hydrogens is 410 g/mol. The summed E-state index contributed by atoms with van der Waals surface area (Å²) in [5.41, 5.74) is 0. The normalized spacial score (nSPS) is 11.1. The fourth-order valence-electron chi connectivity index (χ4n) is 2.42. The molecule has 14 heteroatoms. The van der Waals surface area contributed by atoms with E-state index >= 15 is 0 Å². The average molecular weight is 437 g/mol. The van der Waals surface area contributed by atoms with Gasteiger partial charge in [0.2, 0.25) is 0 Å². The number of esters is 1. The third-order valence-corrected chi connectivity index (χ3v) is 3.61. The first-order valence-electron chi connectivity index (χ1n) is 8.84. The molecule has 0 aliphatic carbocycles. The lowest BCUT2D eigenvalue weighted by Crippen LogP contribution is -2.45. The van der Waals surface area contributed by atoms with Crippen molar-refractivity contribution in [3.63, 3.8) is 0 Å². The fourth-order valence-corrected chi connectivity index (χ4v) is 2.42. The Balaban J connectivity index is 4.93. The number of aliphatic hydroxyl groups excluding tert-OH is 1. The van der Waals surface area contributed by atoms with Crippen molar-refractivity contribution in [3.8, 4) is 0 Å². The smallest absolute Gasteiger partial charge is 0.320 e. The third-order valence-electron chi connectivity index (χ3n) is 3.61. The van der Waals surface area contributed by atoms with E-state index in [0.717, 1.165) is 4.90 Å². The Bertz CT molecular complexity index is 583. The number of carboxylic acid groups (broad SMARTS) is 4. The number of carboxylic acids is 4. The third kappa shape index (κ3) is 15.2. The van der Waals surface area contributed by atoms with Crippen molar-refractivity contribution in [1.82, 2.24) is 14.7 Å². The predicted octanol–water partition coefficient (Wildman–Crippen LogP) is -3.23. The molecule has 0 spiro atoms. The van der Waals surface area contributed by atoms with Crippen molar-refractivity contribution in [2.75, 3.05) is 72.1 Å². The molecule has 0 aromatic heterocycles. The molecule has 5 N–H and O–H groups in total. The molecule has 0 aromatic carbocycles. The highest BCUT2D eigenvalue weighted by Crippen LogP contribution is 1.98. The van der Waals surface area contributed by atoms with Crippen LogP contribution < -0.4 is 0 Å². The molecule has 14 nitrogen and oxygen atoms in total. The van der Waals surface area contributed by atoms with Gasteiger partial charge in [0.15, 0.2) is 0 Å². The monoisotopic (exact) mass is 437 g/mol. The van der Waals surface area contributed by atoms with Crippen molar-refractivity contribution in [2.45, 2.75) is 0 Å². The number of carbonyl (C=O) groups excluding carboxylic acids is 1. The van der Waals surface area contributed by atoms with Crippen LogP contribution in [0.2, 0.25) is 0 Å². The Kier molecular flexibility index (Phi) is 13.7. The van der Waals surface area contributed by atoms with E-state index in [4.69, 9.17) is 25.5 Å². The van der Waals surface area contributed by atoms with Crippen molar-refractivity contribution in [3.05, 3.63) is 0 Å². The van der Waals surface area contributed by atoms with Gasteiger partial charge in [0, 0.05) is 26.2 Å². The maximum Gasteiger partial charge on any atom is 0.320 e. The van der Waals surface area contributed by atoms with Gasteiger partial charge >= 0.3 is 29.8 Å². The summed E-state index contributed by atoms with van der Waals surface area (Å²) in [5.74, 6) is -5.65. The average Bonchev–Trinajstić information content (AvgIpc) is 2.59. The fraction of sp³-hybridized carbons (Fsp3) is 0.688. The van der Waals surface area contributed by atoms with Gasteiger partial charge in [0.05, 0.1) is 39.3 Å². The van der Waals surface area contributed by atoms with Crippen molar-refractivity contribution in [2.24, 2.45) is 0 Å². The summed E-state index contributed by atoms with van der Waals surface area (Å²) in [5, 5.41) is 44.4. The molecule has 0 saturated carbocycles. The summed E-state index contributed by atoms with van der Waals surface area (Å²) < 4.78 is 4.68. The molecular formula is C16H27N3O11. The molecule has 0 rings (SSSR count). The van der Waals surface area contributed by atoms with E-state index in [2.05, 4.69) is 4.74 Å². The van der Waals surface area contributed by atoms with Crippen molar-refractivity contribution >= 4 is 29.8 Å². The second kappa shape index (κ2) is 15.1. The van der Waals surface area contributed by atoms with Crippen LogP contribution >= 0.6 is 0 Å². The number of rotatable bonds is 18. The first kappa shape index (κ1) is 27.2. The van der Waals surface area contributed by atoms with Gasteiger partial charge < -0.3 is 30.3 Å². The van der Waals surface area contributed by atoms with Gasteiger partial charge in [-0.15, -0.1) is 0 Å². The lowest BCUT2D eigenvalue weighted by molar-refractivity contribution is -0.148. The Morgan fingerprint density at radius 1 is 0.567 bits per heavy atom. The van der Waals surface area contributed by atoms with Crippen LogP contribution in [0.5, 0.6) is 0 Å². The Hall–Kier alpha value is -2.81. The summed E-state index contributed by atoms with van der Waals surface area (Å²) in [6.07, 6.45) is 0. The van der Waals surface area contributed by atoms with Gasteiger partial charge in [0.25, 0.3) is 0 Å². The van der Waals surface area contributed by atoms with Crippen molar-refractivity contribution < 1.29 is 54.2 Å². The van der Waals surface area contributed by atoms with E-state index in [9.17, 15) is 24.0 Å². The van der Waals surface area contributed by atoms with Crippen LogP contribution in [0.3, 0.4) is 0 Å². The molecule has 172 valence electrons. The Morgan fingerprint density at radius 2 is 0.900 bits per heavy atom. The van der Waals surface area contributed by atoms with E-state index in [-0.39, 0.29) is 39.4 Å². The largest absolute Gasteiger partial charge is 0.480 e. The van der Waals surface area contributed by atoms with Gasteiger partial charge in [-0.05, 0) is 0 Å². The van der Waals surface area contributed by atoms with Crippen molar-refractivity contribution in [1.29, 1.82) is 0 Å². The van der Waals surface area contributed by atoms with Crippen LogP contribution in [0.4, 0.5) is 0 Å². The molecule has 0 fully saturated rings. The topological polar surface area (TPSA) is 205 Å². The molecule has 0 unspecified atom stereocenters. The summed E-state index contributed by atoms with van der Waals surface area (Å²) in [7, 11) is 0. The SMILES string of the molecule is O=C(O)CN(CCN(CC(=O)O)CC(=O)O)CCN(CC(=O)O)CC(=O)OCCO. The number of nitrogens with zero attached hydrogens (tertiary/aromatic N) is 3. The molecule has 0 aromatic rings. The number of carbonyl (C=O) groups is 5. The zero-order valence-electron chi connectivity index (χ0n) is 16.3. The van der Waals surface area contributed by atoms with Crippen LogP contribution in [-0.4, -0.2) is 142 Å². The van der Waals surface area contributed by atoms with Gasteiger partial charge in [-0.3, -0.25) is 38.7 Å². The predicted molar refractivity (Wildman–Crippen MR) is 97.9 cm³/mol. The Labute approximate surface area is 171 Å². The molecule has 0 aliphatic heterocycles. The minimum atomic E-state index is -1.24. The van der Waals surface area contributed by atoms with E-state index in [0.29, 0.717) is 0 Å². The summed E-state index contributed by atoms with van der Waals surface area (Å²) in [4.78, 5) is 59.1. The summed E-state index contributed by atoms with van der Waals surface area (Å²) in [6.45, 7) is -3.14. The first-order valence-corrected chi connectivity index (χ1v) is 8.84. The highest BCUT2D eigenvalue weighted by molar-refractivity contribution is 5.74. The first-order chi connectivity index (χ1) is 14.0. The maximum absolute atomic E-state index is 11.6. The minimum Gasteiger partial charge on any atom is -0.480 e. The van der Waals surface area contributed by atoms with Crippen LogP contribution in [0.25, 0.3) is 0 Å². The molecule has 0 bridgehead atoms. The highest BCUT2D eigenvalue weighted by atomic mass is 16.5. The molecule has 0 atom stereocenters. The number of aliphatic hydroxyl groups is 1. The van der Waals surface area contributed by atoms with Gasteiger partial charge in [-0.2, -0.15) is 0 Å². The van der Waals surface area contributed by atoms with Gasteiger partial charge in [-0.25, -0.2) is 0 Å². The quantitative estimate of drug-likeness (QED) is 0.134. The number of hydrogen-bond donors (Lipinski definition) is 5. The maximum atomic E-state index is 11.6.